The van der Waals surface area contributed by atoms with Crippen LogP contribution in [0.15, 0.2) is 60.7 Å². The Bertz CT molecular complexity index is 845. The van der Waals surface area contributed by atoms with Crippen LogP contribution in [-0.4, -0.2) is 56.2 Å². The largest absolute Gasteiger partial charge is 0.378 e. The molecule has 2 aliphatic heterocycles. The van der Waals surface area contributed by atoms with Gasteiger partial charge in [0, 0.05) is 44.0 Å². The molecule has 31 heavy (non-hydrogen) atoms. The van der Waals surface area contributed by atoms with Gasteiger partial charge in [-0.15, -0.1) is 0 Å². The predicted molar refractivity (Wildman–Crippen MR) is 126 cm³/mol. The number of hydrogen-bond acceptors (Lipinski definition) is 4. The van der Waals surface area contributed by atoms with Crippen molar-refractivity contribution in [3.8, 4) is 0 Å². The Morgan fingerprint density at radius 3 is 2.55 bits per heavy atom. The highest BCUT2D eigenvalue weighted by atomic mass is 16.5. The minimum Gasteiger partial charge on any atom is -0.378 e. The van der Waals surface area contributed by atoms with Gasteiger partial charge in [-0.25, -0.2) is 0 Å². The van der Waals surface area contributed by atoms with E-state index in [4.69, 9.17) is 4.74 Å². The highest BCUT2D eigenvalue weighted by Crippen LogP contribution is 2.20. The molecule has 2 aliphatic rings. The van der Waals surface area contributed by atoms with Crippen molar-refractivity contribution in [2.75, 3.05) is 44.3 Å². The number of benzene rings is 2. The van der Waals surface area contributed by atoms with Crippen LogP contribution in [-0.2, 0) is 16.1 Å². The number of carbonyl (C=O) groups is 1. The first-order valence-electron chi connectivity index (χ1n) is 11.4. The zero-order valence-corrected chi connectivity index (χ0v) is 18.2. The van der Waals surface area contributed by atoms with E-state index in [1.807, 2.05) is 6.08 Å². The normalized spacial score (nSPS) is 20.1. The van der Waals surface area contributed by atoms with Crippen LogP contribution in [0.25, 0.3) is 6.08 Å². The van der Waals surface area contributed by atoms with Crippen LogP contribution in [0.1, 0.15) is 30.4 Å². The van der Waals surface area contributed by atoms with E-state index in [0.29, 0.717) is 12.6 Å². The number of ether oxygens (including phenoxy) is 1. The molecule has 2 heterocycles. The number of piperidine rings is 1. The number of anilines is 1. The third kappa shape index (κ3) is 6.42. The Morgan fingerprint density at radius 1 is 1.00 bits per heavy atom. The standard InChI is InChI=1S/C26H33N3O2/c30-26(14-11-22-9-12-24(13-10-22)28-16-18-31-19-17-28)27-20-25-8-4-5-15-29(25)21-23-6-2-1-3-7-23/h1-3,6-7,9-14,25H,4-5,8,15-21H2,(H,27,30)/b14-11+. The molecule has 0 spiro atoms. The lowest BCUT2D eigenvalue weighted by Gasteiger charge is -2.35. The van der Waals surface area contributed by atoms with E-state index in [1.54, 1.807) is 6.08 Å². The van der Waals surface area contributed by atoms with Crippen molar-refractivity contribution < 1.29 is 9.53 Å². The Hall–Kier alpha value is -2.63. The third-order valence-corrected chi connectivity index (χ3v) is 6.19. The molecule has 1 unspecified atom stereocenters. The first-order valence-corrected chi connectivity index (χ1v) is 11.4. The summed E-state index contributed by atoms with van der Waals surface area (Å²) in [6, 6.07) is 19.4. The number of morpholine rings is 1. The molecule has 1 N–H and O–H groups in total. The van der Waals surface area contributed by atoms with E-state index >= 15 is 0 Å². The molecule has 2 fully saturated rings. The van der Waals surface area contributed by atoms with Crippen LogP contribution >= 0.6 is 0 Å². The summed E-state index contributed by atoms with van der Waals surface area (Å²) in [5.41, 5.74) is 3.58. The number of nitrogens with one attached hydrogen (secondary N) is 1. The summed E-state index contributed by atoms with van der Waals surface area (Å²) in [7, 11) is 0. The zero-order valence-electron chi connectivity index (χ0n) is 18.2. The summed E-state index contributed by atoms with van der Waals surface area (Å²) < 4.78 is 5.41. The summed E-state index contributed by atoms with van der Waals surface area (Å²) >= 11 is 0. The number of hydrogen-bond donors (Lipinski definition) is 1. The number of likely N-dealkylation sites (tertiary alicyclic amines) is 1. The van der Waals surface area contributed by atoms with E-state index in [2.05, 4.69) is 69.7 Å². The highest BCUT2D eigenvalue weighted by molar-refractivity contribution is 5.91. The summed E-state index contributed by atoms with van der Waals surface area (Å²) in [5, 5.41) is 3.11. The van der Waals surface area contributed by atoms with E-state index in [0.717, 1.165) is 51.4 Å². The Kier molecular flexibility index (Phi) is 7.75. The molecule has 2 aromatic carbocycles. The lowest BCUT2D eigenvalue weighted by atomic mass is 10.0. The minimum absolute atomic E-state index is 0.0255. The van der Waals surface area contributed by atoms with E-state index < -0.39 is 0 Å². The van der Waals surface area contributed by atoms with Gasteiger partial charge >= 0.3 is 0 Å². The minimum atomic E-state index is -0.0255. The van der Waals surface area contributed by atoms with Gasteiger partial charge < -0.3 is 15.0 Å². The van der Waals surface area contributed by atoms with E-state index in [1.165, 1.54) is 24.1 Å². The molecule has 2 aromatic rings. The van der Waals surface area contributed by atoms with Gasteiger partial charge in [0.2, 0.25) is 5.91 Å². The summed E-state index contributed by atoms with van der Waals surface area (Å²) in [6.07, 6.45) is 7.14. The maximum absolute atomic E-state index is 12.4. The first kappa shape index (κ1) is 21.6. The van der Waals surface area contributed by atoms with Gasteiger partial charge in [0.1, 0.15) is 0 Å². The van der Waals surface area contributed by atoms with Crippen molar-refractivity contribution in [3.05, 3.63) is 71.8 Å². The predicted octanol–water partition coefficient (Wildman–Crippen LogP) is 3.71. The van der Waals surface area contributed by atoms with Gasteiger partial charge in [-0.2, -0.15) is 0 Å². The Labute approximate surface area is 185 Å². The molecule has 2 saturated heterocycles. The Morgan fingerprint density at radius 2 is 1.77 bits per heavy atom. The maximum Gasteiger partial charge on any atom is 0.244 e. The van der Waals surface area contributed by atoms with Crippen molar-refractivity contribution in [1.82, 2.24) is 10.2 Å². The molecule has 4 rings (SSSR count). The molecular formula is C26H33N3O2. The topological polar surface area (TPSA) is 44.8 Å². The second-order valence-corrected chi connectivity index (χ2v) is 8.38. The highest BCUT2D eigenvalue weighted by Gasteiger charge is 2.22. The zero-order chi connectivity index (χ0) is 21.3. The van der Waals surface area contributed by atoms with Gasteiger partial charge in [-0.05, 0) is 48.7 Å². The van der Waals surface area contributed by atoms with Gasteiger partial charge in [0.05, 0.1) is 13.2 Å². The first-order chi connectivity index (χ1) is 15.3. The monoisotopic (exact) mass is 419 g/mol. The van der Waals surface area contributed by atoms with Crippen molar-refractivity contribution in [1.29, 1.82) is 0 Å². The van der Waals surface area contributed by atoms with Crippen LogP contribution in [0.4, 0.5) is 5.69 Å². The number of nitrogens with zero attached hydrogens (tertiary/aromatic N) is 2. The molecule has 164 valence electrons. The fourth-order valence-electron chi connectivity index (χ4n) is 4.38. The molecule has 0 saturated carbocycles. The summed E-state index contributed by atoms with van der Waals surface area (Å²) in [6.45, 7) is 6.18. The lowest BCUT2D eigenvalue weighted by molar-refractivity contribution is -0.116. The fraction of sp³-hybridized carbons (Fsp3) is 0.423. The number of amides is 1. The Balaban J connectivity index is 1.26. The molecule has 5 nitrogen and oxygen atoms in total. The van der Waals surface area contributed by atoms with E-state index in [-0.39, 0.29) is 5.91 Å². The van der Waals surface area contributed by atoms with Gasteiger partial charge in [-0.1, -0.05) is 48.9 Å². The molecule has 1 atom stereocenters. The number of rotatable bonds is 7. The van der Waals surface area contributed by atoms with Gasteiger partial charge in [0.15, 0.2) is 0 Å². The van der Waals surface area contributed by atoms with Crippen LogP contribution in [0, 0.1) is 0 Å². The van der Waals surface area contributed by atoms with Crippen LogP contribution in [0.5, 0.6) is 0 Å². The average molecular weight is 420 g/mol. The SMILES string of the molecule is O=C(/C=C/c1ccc(N2CCOCC2)cc1)NCC1CCCCN1Cc1ccccc1. The second-order valence-electron chi connectivity index (χ2n) is 8.38. The molecule has 0 aliphatic carbocycles. The number of carbonyl (C=O) groups excluding carboxylic acids is 1. The molecule has 1 amide bonds. The summed E-state index contributed by atoms with van der Waals surface area (Å²) in [5.74, 6) is -0.0255. The van der Waals surface area contributed by atoms with E-state index in [9.17, 15) is 4.79 Å². The maximum atomic E-state index is 12.4. The second kappa shape index (κ2) is 11.1. The van der Waals surface area contributed by atoms with Gasteiger partial charge in [0.25, 0.3) is 0 Å². The lowest BCUT2D eigenvalue weighted by Crippen LogP contribution is -2.45. The summed E-state index contributed by atoms with van der Waals surface area (Å²) in [4.78, 5) is 17.2. The molecule has 5 heteroatoms. The van der Waals surface area contributed by atoms with Crippen molar-refractivity contribution in [3.63, 3.8) is 0 Å². The van der Waals surface area contributed by atoms with Crippen molar-refractivity contribution in [2.24, 2.45) is 0 Å². The fourth-order valence-corrected chi connectivity index (χ4v) is 4.38. The molecule has 0 aromatic heterocycles. The van der Waals surface area contributed by atoms with Crippen LogP contribution < -0.4 is 10.2 Å². The average Bonchev–Trinajstić information content (AvgIpc) is 2.84. The van der Waals surface area contributed by atoms with Gasteiger partial charge in [-0.3, -0.25) is 9.69 Å². The molecule has 0 bridgehead atoms. The van der Waals surface area contributed by atoms with Crippen LogP contribution in [0.3, 0.4) is 0 Å². The molecule has 0 radical (unpaired) electrons. The smallest absolute Gasteiger partial charge is 0.244 e. The quantitative estimate of drug-likeness (QED) is 0.695. The molecular weight excluding hydrogens is 386 g/mol. The van der Waals surface area contributed by atoms with Crippen LogP contribution in [0.2, 0.25) is 0 Å². The van der Waals surface area contributed by atoms with Crippen molar-refractivity contribution >= 4 is 17.7 Å². The third-order valence-electron chi connectivity index (χ3n) is 6.19. The van der Waals surface area contributed by atoms with Crippen molar-refractivity contribution in [2.45, 2.75) is 31.8 Å².